The fourth-order valence-corrected chi connectivity index (χ4v) is 2.62. The Hall–Kier alpha value is -2.53. The first kappa shape index (κ1) is 15.4. The number of rotatable bonds is 3. The first-order valence-corrected chi connectivity index (χ1v) is 7.52. The zero-order valence-corrected chi connectivity index (χ0v) is 13.2. The number of carbonyl (C=O) groups excluding carboxylic acids is 2. The number of anilines is 2. The van der Waals surface area contributed by atoms with Crippen LogP contribution in [-0.4, -0.2) is 17.9 Å². The highest BCUT2D eigenvalue weighted by Gasteiger charge is 2.29. The third-order valence-electron chi connectivity index (χ3n) is 3.46. The number of ether oxygens (including phenoxy) is 1. The van der Waals surface area contributed by atoms with E-state index in [0.717, 1.165) is 5.56 Å². The molecule has 1 aliphatic rings. The maximum atomic E-state index is 12.3. The zero-order chi connectivity index (χ0) is 16.4. The molecule has 118 valence electrons. The molecule has 3 rings (SSSR count). The molecule has 0 saturated heterocycles. The van der Waals surface area contributed by atoms with Crippen LogP contribution in [0.25, 0.3) is 0 Å². The summed E-state index contributed by atoms with van der Waals surface area (Å²) in [6.07, 6.45) is -0.0791. The van der Waals surface area contributed by atoms with E-state index in [0.29, 0.717) is 28.6 Å². The molecule has 0 aromatic heterocycles. The van der Waals surface area contributed by atoms with Gasteiger partial charge in [-0.1, -0.05) is 11.6 Å². The van der Waals surface area contributed by atoms with Crippen molar-refractivity contribution in [1.29, 1.82) is 0 Å². The van der Waals surface area contributed by atoms with Gasteiger partial charge in [-0.3, -0.25) is 9.59 Å². The Balaban J connectivity index is 1.63. The quantitative estimate of drug-likeness (QED) is 0.907. The molecule has 2 aromatic rings. The molecule has 0 bridgehead atoms. The Morgan fingerprint density at radius 2 is 1.74 bits per heavy atom. The Labute approximate surface area is 138 Å². The van der Waals surface area contributed by atoms with Crippen LogP contribution in [0.15, 0.2) is 42.5 Å². The zero-order valence-electron chi connectivity index (χ0n) is 12.4. The van der Waals surface area contributed by atoms with Crippen molar-refractivity contribution in [2.45, 2.75) is 19.4 Å². The van der Waals surface area contributed by atoms with Crippen LogP contribution in [0.4, 0.5) is 11.4 Å². The summed E-state index contributed by atoms with van der Waals surface area (Å²) in [4.78, 5) is 23.3. The van der Waals surface area contributed by atoms with Gasteiger partial charge >= 0.3 is 0 Å². The van der Waals surface area contributed by atoms with Crippen LogP contribution >= 0.6 is 11.6 Å². The van der Waals surface area contributed by atoms with Gasteiger partial charge in [0.25, 0.3) is 5.91 Å². The van der Waals surface area contributed by atoms with Gasteiger partial charge in [-0.05, 0) is 48.0 Å². The fourth-order valence-electron chi connectivity index (χ4n) is 2.43. The topological polar surface area (TPSA) is 67.4 Å². The number of nitrogens with one attached hydrogen (secondary N) is 2. The Kier molecular flexibility index (Phi) is 4.21. The molecular formula is C17H15ClN2O3. The molecule has 6 heteroatoms. The van der Waals surface area contributed by atoms with Crippen molar-refractivity contribution >= 4 is 34.8 Å². The molecule has 2 N–H and O–H groups in total. The van der Waals surface area contributed by atoms with E-state index in [2.05, 4.69) is 10.6 Å². The highest BCUT2D eigenvalue weighted by molar-refractivity contribution is 6.30. The molecule has 0 aliphatic carbocycles. The highest BCUT2D eigenvalue weighted by Crippen LogP contribution is 2.31. The number of amides is 2. The molecule has 0 radical (unpaired) electrons. The predicted octanol–water partition coefficient (Wildman–Crippen LogP) is 3.24. The van der Waals surface area contributed by atoms with Crippen LogP contribution in [0, 0.1) is 0 Å². The summed E-state index contributed by atoms with van der Waals surface area (Å²) in [5, 5.41) is 6.10. The van der Waals surface area contributed by atoms with E-state index in [1.165, 1.54) is 6.92 Å². The third kappa shape index (κ3) is 3.63. The van der Waals surface area contributed by atoms with Crippen molar-refractivity contribution in [3.8, 4) is 5.75 Å². The number of benzene rings is 2. The molecule has 2 amide bonds. The van der Waals surface area contributed by atoms with Crippen molar-refractivity contribution in [3.05, 3.63) is 53.1 Å². The molecule has 2 aromatic carbocycles. The normalized spacial score (nSPS) is 15.5. The van der Waals surface area contributed by atoms with E-state index in [-0.39, 0.29) is 11.8 Å². The van der Waals surface area contributed by atoms with Gasteiger partial charge in [0, 0.05) is 29.7 Å². The highest BCUT2D eigenvalue weighted by atomic mass is 35.5. The van der Waals surface area contributed by atoms with Crippen molar-refractivity contribution in [3.63, 3.8) is 0 Å². The smallest absolute Gasteiger partial charge is 0.265 e. The van der Waals surface area contributed by atoms with Crippen molar-refractivity contribution in [2.24, 2.45) is 0 Å². The van der Waals surface area contributed by atoms with Crippen LogP contribution in [0.5, 0.6) is 5.75 Å². The van der Waals surface area contributed by atoms with E-state index < -0.39 is 6.10 Å². The molecule has 23 heavy (non-hydrogen) atoms. The molecule has 0 saturated carbocycles. The van der Waals surface area contributed by atoms with Crippen LogP contribution in [0.2, 0.25) is 5.02 Å². The lowest BCUT2D eigenvalue weighted by atomic mass is 10.1. The van der Waals surface area contributed by atoms with Crippen molar-refractivity contribution < 1.29 is 14.3 Å². The summed E-state index contributed by atoms with van der Waals surface area (Å²) < 4.78 is 5.64. The van der Waals surface area contributed by atoms with Crippen LogP contribution in [-0.2, 0) is 16.0 Å². The summed E-state index contributed by atoms with van der Waals surface area (Å²) in [6.45, 7) is 1.44. The van der Waals surface area contributed by atoms with Crippen LogP contribution in [0.1, 0.15) is 12.5 Å². The number of fused-ring (bicyclic) bond motifs is 1. The maximum absolute atomic E-state index is 12.3. The van der Waals surface area contributed by atoms with Gasteiger partial charge < -0.3 is 15.4 Å². The number of hydrogen-bond donors (Lipinski definition) is 2. The second-order valence-electron chi connectivity index (χ2n) is 5.31. The lowest BCUT2D eigenvalue weighted by molar-refractivity contribution is -0.122. The average molecular weight is 331 g/mol. The van der Waals surface area contributed by atoms with Crippen molar-refractivity contribution in [2.75, 3.05) is 10.6 Å². The van der Waals surface area contributed by atoms with E-state index in [1.54, 1.807) is 36.4 Å². The van der Waals surface area contributed by atoms with Crippen LogP contribution < -0.4 is 15.4 Å². The Morgan fingerprint density at radius 3 is 2.39 bits per heavy atom. The summed E-state index contributed by atoms with van der Waals surface area (Å²) in [5.74, 6) is 0.331. The molecule has 5 nitrogen and oxygen atoms in total. The minimum atomic E-state index is -0.571. The fraction of sp³-hybridized carbons (Fsp3) is 0.176. The van der Waals surface area contributed by atoms with Gasteiger partial charge in [-0.2, -0.15) is 0 Å². The molecule has 0 spiro atoms. The minimum Gasteiger partial charge on any atom is -0.480 e. The first-order valence-electron chi connectivity index (χ1n) is 7.15. The summed E-state index contributed by atoms with van der Waals surface area (Å²) in [7, 11) is 0. The monoisotopic (exact) mass is 330 g/mol. The summed E-state index contributed by atoms with van der Waals surface area (Å²) in [5.41, 5.74) is 2.25. The average Bonchev–Trinajstić information content (AvgIpc) is 2.92. The van der Waals surface area contributed by atoms with E-state index >= 15 is 0 Å². The molecular weight excluding hydrogens is 316 g/mol. The number of hydrogen-bond acceptors (Lipinski definition) is 3. The lowest BCUT2D eigenvalue weighted by Gasteiger charge is -2.12. The molecule has 1 atom stereocenters. The minimum absolute atomic E-state index is 0.141. The summed E-state index contributed by atoms with van der Waals surface area (Å²) >= 11 is 5.95. The first-order chi connectivity index (χ1) is 11.0. The van der Waals surface area contributed by atoms with Crippen molar-refractivity contribution in [1.82, 2.24) is 0 Å². The second kappa shape index (κ2) is 6.30. The Morgan fingerprint density at radius 1 is 1.09 bits per heavy atom. The van der Waals surface area contributed by atoms with Gasteiger partial charge in [0.15, 0.2) is 6.10 Å². The lowest BCUT2D eigenvalue weighted by Crippen LogP contribution is -2.31. The van der Waals surface area contributed by atoms with Gasteiger partial charge in [-0.25, -0.2) is 0 Å². The van der Waals surface area contributed by atoms with Gasteiger partial charge in [0.1, 0.15) is 5.75 Å². The third-order valence-corrected chi connectivity index (χ3v) is 3.70. The van der Waals surface area contributed by atoms with E-state index in [9.17, 15) is 9.59 Å². The van der Waals surface area contributed by atoms with Gasteiger partial charge in [0.05, 0.1) is 0 Å². The summed E-state index contributed by atoms with van der Waals surface area (Å²) in [6, 6.07) is 12.2. The van der Waals surface area contributed by atoms with Gasteiger partial charge in [-0.15, -0.1) is 0 Å². The largest absolute Gasteiger partial charge is 0.480 e. The molecule has 1 heterocycles. The maximum Gasteiger partial charge on any atom is 0.265 e. The SMILES string of the molecule is CC(=O)Nc1ccc(NC(=O)C2Cc3cc(Cl)ccc3O2)cc1. The number of halogens is 1. The standard InChI is InChI=1S/C17H15ClN2O3/c1-10(21)19-13-3-5-14(6-4-13)20-17(22)16-9-11-8-12(18)2-7-15(11)23-16/h2-8,16H,9H2,1H3,(H,19,21)(H,20,22). The second-order valence-corrected chi connectivity index (χ2v) is 5.75. The molecule has 1 aliphatic heterocycles. The van der Waals surface area contributed by atoms with Crippen LogP contribution in [0.3, 0.4) is 0 Å². The number of carbonyl (C=O) groups is 2. The predicted molar refractivity (Wildman–Crippen MR) is 88.9 cm³/mol. The van der Waals surface area contributed by atoms with E-state index in [4.69, 9.17) is 16.3 Å². The van der Waals surface area contributed by atoms with E-state index in [1.807, 2.05) is 6.07 Å². The molecule has 0 fully saturated rings. The molecule has 1 unspecified atom stereocenters. The van der Waals surface area contributed by atoms with Gasteiger partial charge in [0.2, 0.25) is 5.91 Å². The Bertz CT molecular complexity index is 759.